The van der Waals surface area contributed by atoms with Gasteiger partial charge < -0.3 is 9.84 Å². The molecule has 0 saturated heterocycles. The van der Waals surface area contributed by atoms with Gasteiger partial charge in [-0.25, -0.2) is 10.4 Å². The predicted molar refractivity (Wildman–Crippen MR) is 103 cm³/mol. The Labute approximate surface area is 158 Å². The van der Waals surface area contributed by atoms with Crippen molar-refractivity contribution in [3.63, 3.8) is 0 Å². The van der Waals surface area contributed by atoms with Gasteiger partial charge in [0.15, 0.2) is 5.75 Å². The maximum atomic E-state index is 11.9. The number of phenolic OH excluding ortho intramolecular Hbond substituents is 1. The van der Waals surface area contributed by atoms with Gasteiger partial charge in [-0.15, -0.1) is 0 Å². The molecule has 10 nitrogen and oxygen atoms in total. The molecule has 3 aromatic rings. The minimum absolute atomic E-state index is 0.0618. The topological polar surface area (TPSA) is 143 Å². The number of benzene rings is 2. The molecule has 28 heavy (non-hydrogen) atoms. The van der Waals surface area contributed by atoms with Crippen LogP contribution in [0, 0.1) is 10.1 Å². The van der Waals surface area contributed by atoms with Gasteiger partial charge in [-0.2, -0.15) is 5.10 Å². The number of nitro benzene ring substituents is 1. The number of aromatic amines is 1. The maximum Gasteiger partial charge on any atom is 0.315 e. The van der Waals surface area contributed by atoms with Crippen molar-refractivity contribution in [2.24, 2.45) is 5.10 Å². The number of ether oxygens (including phenoxy) is 1. The van der Waals surface area contributed by atoms with Crippen molar-refractivity contribution in [2.45, 2.75) is 0 Å². The molecule has 0 atom stereocenters. The number of phenols is 1. The summed E-state index contributed by atoms with van der Waals surface area (Å²) >= 11 is 0. The van der Waals surface area contributed by atoms with Crippen molar-refractivity contribution in [3.05, 3.63) is 74.6 Å². The van der Waals surface area contributed by atoms with Crippen LogP contribution < -0.4 is 15.7 Å². The van der Waals surface area contributed by atoms with Crippen LogP contribution in [0.3, 0.4) is 0 Å². The van der Waals surface area contributed by atoms with Gasteiger partial charge in [0.25, 0.3) is 5.56 Å². The number of aromatic nitrogens is 2. The average Bonchev–Trinajstić information content (AvgIpc) is 2.69. The standard InChI is InChI=1S/C18H15N5O5/c1-28-15-8-11(7-14(17(15)25)23(26)27)10-19-22-18-20-13(9-16(24)21-18)12-5-3-2-4-6-12/h2-10,25H,1H3,(H2,20,21,22,24)/b19-10-. The summed E-state index contributed by atoms with van der Waals surface area (Å²) in [6, 6.07) is 13.0. The molecule has 0 aliphatic heterocycles. The lowest BCUT2D eigenvalue weighted by atomic mass is 10.1. The predicted octanol–water partition coefficient (Wildman–Crippen LogP) is 2.51. The smallest absolute Gasteiger partial charge is 0.315 e. The van der Waals surface area contributed by atoms with Crippen LogP contribution in [0.2, 0.25) is 0 Å². The zero-order valence-corrected chi connectivity index (χ0v) is 14.6. The second kappa shape index (κ2) is 7.99. The molecule has 0 saturated carbocycles. The second-order valence-electron chi connectivity index (χ2n) is 5.56. The third-order valence-corrected chi connectivity index (χ3v) is 3.69. The summed E-state index contributed by atoms with van der Waals surface area (Å²) in [4.78, 5) is 28.9. The highest BCUT2D eigenvalue weighted by molar-refractivity contribution is 5.83. The zero-order valence-electron chi connectivity index (χ0n) is 14.6. The van der Waals surface area contributed by atoms with E-state index in [1.165, 1.54) is 25.5 Å². The van der Waals surface area contributed by atoms with Gasteiger partial charge in [0.05, 0.1) is 23.9 Å². The number of anilines is 1. The molecule has 0 unspecified atom stereocenters. The molecule has 3 rings (SSSR count). The van der Waals surface area contributed by atoms with E-state index >= 15 is 0 Å². The van der Waals surface area contributed by atoms with E-state index in [1.807, 2.05) is 30.3 Å². The van der Waals surface area contributed by atoms with E-state index in [0.29, 0.717) is 11.3 Å². The van der Waals surface area contributed by atoms with Crippen molar-refractivity contribution in [1.29, 1.82) is 0 Å². The highest BCUT2D eigenvalue weighted by atomic mass is 16.6. The molecule has 0 radical (unpaired) electrons. The number of hydrazone groups is 1. The van der Waals surface area contributed by atoms with E-state index in [-0.39, 0.29) is 17.3 Å². The number of rotatable bonds is 6. The molecule has 10 heteroatoms. The number of methoxy groups -OCH3 is 1. The van der Waals surface area contributed by atoms with Gasteiger partial charge in [-0.3, -0.25) is 19.9 Å². The molecule has 0 aliphatic rings. The lowest BCUT2D eigenvalue weighted by Crippen LogP contribution is -2.10. The Hall–Kier alpha value is -4.21. The van der Waals surface area contributed by atoms with Crippen LogP contribution in [0.25, 0.3) is 11.3 Å². The molecule has 142 valence electrons. The molecule has 2 aromatic carbocycles. The van der Waals surface area contributed by atoms with Gasteiger partial charge >= 0.3 is 5.69 Å². The van der Waals surface area contributed by atoms with E-state index in [9.17, 15) is 20.0 Å². The Kier molecular flexibility index (Phi) is 5.30. The van der Waals surface area contributed by atoms with Gasteiger partial charge in [-0.05, 0) is 6.07 Å². The van der Waals surface area contributed by atoms with Crippen LogP contribution in [-0.2, 0) is 0 Å². The van der Waals surface area contributed by atoms with E-state index in [0.717, 1.165) is 11.6 Å². The number of nitrogens with one attached hydrogen (secondary N) is 2. The minimum Gasteiger partial charge on any atom is -0.500 e. The van der Waals surface area contributed by atoms with Gasteiger partial charge in [0.1, 0.15) is 0 Å². The Morgan fingerprint density at radius 3 is 2.71 bits per heavy atom. The fraction of sp³-hybridized carbons (Fsp3) is 0.0556. The number of H-pyrrole nitrogens is 1. The first-order valence-electron chi connectivity index (χ1n) is 7.99. The van der Waals surface area contributed by atoms with Crippen LogP contribution in [0.4, 0.5) is 11.6 Å². The van der Waals surface area contributed by atoms with Crippen LogP contribution in [0.15, 0.2) is 58.4 Å². The number of aromatic hydroxyl groups is 1. The van der Waals surface area contributed by atoms with Crippen molar-refractivity contribution in [3.8, 4) is 22.8 Å². The molecular formula is C18H15N5O5. The van der Waals surface area contributed by atoms with Crippen molar-refractivity contribution < 1.29 is 14.8 Å². The second-order valence-corrected chi connectivity index (χ2v) is 5.56. The molecule has 0 spiro atoms. The largest absolute Gasteiger partial charge is 0.500 e. The maximum absolute atomic E-state index is 11.9. The number of nitro groups is 1. The summed E-state index contributed by atoms with van der Waals surface area (Å²) < 4.78 is 4.93. The zero-order chi connectivity index (χ0) is 20.1. The first kappa shape index (κ1) is 18.6. The van der Waals surface area contributed by atoms with Gasteiger partial charge in [0.2, 0.25) is 11.7 Å². The molecular weight excluding hydrogens is 366 g/mol. The summed E-state index contributed by atoms with van der Waals surface area (Å²) in [5.41, 5.74) is 3.22. The third kappa shape index (κ3) is 4.12. The fourth-order valence-electron chi connectivity index (χ4n) is 2.42. The first-order valence-corrected chi connectivity index (χ1v) is 7.99. The Bertz CT molecular complexity index is 1100. The summed E-state index contributed by atoms with van der Waals surface area (Å²) in [7, 11) is 1.28. The van der Waals surface area contributed by atoms with E-state index < -0.39 is 16.4 Å². The van der Waals surface area contributed by atoms with Crippen molar-refractivity contribution >= 4 is 17.9 Å². The molecule has 1 aromatic heterocycles. The van der Waals surface area contributed by atoms with E-state index in [1.54, 1.807) is 0 Å². The van der Waals surface area contributed by atoms with Crippen LogP contribution in [0.1, 0.15) is 5.56 Å². The molecule has 3 N–H and O–H groups in total. The number of hydrogen-bond donors (Lipinski definition) is 3. The summed E-state index contributed by atoms with van der Waals surface area (Å²) in [6.07, 6.45) is 1.27. The fourth-order valence-corrected chi connectivity index (χ4v) is 2.42. The highest BCUT2D eigenvalue weighted by Crippen LogP contribution is 2.36. The summed E-state index contributed by atoms with van der Waals surface area (Å²) in [6.45, 7) is 0. The average molecular weight is 381 g/mol. The lowest BCUT2D eigenvalue weighted by Gasteiger charge is -2.05. The Morgan fingerprint density at radius 1 is 1.29 bits per heavy atom. The normalized spacial score (nSPS) is 10.8. The van der Waals surface area contributed by atoms with Gasteiger partial charge in [0, 0.05) is 23.3 Å². The molecule has 0 aliphatic carbocycles. The Balaban J connectivity index is 1.86. The SMILES string of the molecule is COc1cc(/C=N\Nc2nc(-c3ccccc3)cc(=O)[nH]2)cc([N+](=O)[O-])c1O. The first-order chi connectivity index (χ1) is 13.5. The van der Waals surface area contributed by atoms with Gasteiger partial charge in [-0.1, -0.05) is 30.3 Å². The Morgan fingerprint density at radius 2 is 2.04 bits per heavy atom. The molecule has 0 amide bonds. The van der Waals surface area contributed by atoms with Crippen LogP contribution in [-0.4, -0.2) is 33.3 Å². The summed E-state index contributed by atoms with van der Waals surface area (Å²) in [5, 5.41) is 24.7. The monoisotopic (exact) mass is 381 g/mol. The van der Waals surface area contributed by atoms with Crippen LogP contribution in [0.5, 0.6) is 11.5 Å². The quantitative estimate of drug-likeness (QED) is 0.338. The molecule has 0 fully saturated rings. The van der Waals surface area contributed by atoms with Crippen molar-refractivity contribution in [2.75, 3.05) is 12.5 Å². The number of nitrogens with zero attached hydrogens (tertiary/aromatic N) is 3. The highest BCUT2D eigenvalue weighted by Gasteiger charge is 2.19. The molecule has 0 bridgehead atoms. The number of hydrogen-bond acceptors (Lipinski definition) is 8. The van der Waals surface area contributed by atoms with Crippen LogP contribution >= 0.6 is 0 Å². The third-order valence-electron chi connectivity index (χ3n) is 3.69. The van der Waals surface area contributed by atoms with E-state index in [2.05, 4.69) is 20.5 Å². The van der Waals surface area contributed by atoms with E-state index in [4.69, 9.17) is 4.74 Å². The molecule has 1 heterocycles. The summed E-state index contributed by atoms with van der Waals surface area (Å²) in [5.74, 6) is -0.532. The lowest BCUT2D eigenvalue weighted by molar-refractivity contribution is -0.386. The minimum atomic E-state index is -0.731. The van der Waals surface area contributed by atoms with Crippen molar-refractivity contribution in [1.82, 2.24) is 9.97 Å².